The molecule has 6 nitrogen and oxygen atoms in total. The van der Waals surface area contributed by atoms with Gasteiger partial charge in [-0.05, 0) is 0 Å². The molecule has 0 saturated heterocycles. The molecule has 0 aliphatic rings. The van der Waals surface area contributed by atoms with Gasteiger partial charge in [-0.25, -0.2) is 0 Å². The van der Waals surface area contributed by atoms with Gasteiger partial charge in [0.25, 0.3) is 0 Å². The summed E-state index contributed by atoms with van der Waals surface area (Å²) < 4.78 is 0. The van der Waals surface area contributed by atoms with E-state index in [1.807, 2.05) is 0 Å². The Morgan fingerprint density at radius 1 is 1.08 bits per heavy atom. The maximum Gasteiger partial charge on any atom is 1.00 e. The third-order valence-electron chi connectivity index (χ3n) is 0. The SMILES string of the molecule is C.C.Cl.N.N#N.O=N[O-].[Cl-].[Na+].[Na+]. The zero-order valence-electron chi connectivity index (χ0n) is 5.65. The molecular weight excluding hydrogens is 229 g/mol. The summed E-state index contributed by atoms with van der Waals surface area (Å²) in [6, 6.07) is 0. The molecule has 0 saturated carbocycles. The van der Waals surface area contributed by atoms with E-state index in [-0.39, 0.29) is 105 Å². The van der Waals surface area contributed by atoms with Gasteiger partial charge in [-0.3, -0.25) is 0 Å². The second-order valence-corrected chi connectivity index (χ2v) is 0.0745. The largest absolute Gasteiger partial charge is 1.00 e. The molecule has 10 heteroatoms. The van der Waals surface area contributed by atoms with Gasteiger partial charge in [-0.1, -0.05) is 14.9 Å². The summed E-state index contributed by atoms with van der Waals surface area (Å²) in [4.78, 5) is 8.00. The Kier molecular flexibility index (Phi) is 2560. The Morgan fingerprint density at radius 2 is 1.08 bits per heavy atom. The first kappa shape index (κ1) is 107. The summed E-state index contributed by atoms with van der Waals surface area (Å²) in [5, 5.41) is 21.0. The van der Waals surface area contributed by atoms with Crippen molar-refractivity contribution in [2.45, 2.75) is 14.9 Å². The van der Waals surface area contributed by atoms with Gasteiger partial charge in [0.2, 0.25) is 0 Å². The number of nitrogens with zero attached hydrogens (tertiary/aromatic N) is 3. The average molecular weight is 241 g/mol. The van der Waals surface area contributed by atoms with E-state index in [1.54, 1.807) is 0 Å². The summed E-state index contributed by atoms with van der Waals surface area (Å²) >= 11 is 0. The van der Waals surface area contributed by atoms with Gasteiger partial charge in [-0.2, -0.15) is 0 Å². The summed E-state index contributed by atoms with van der Waals surface area (Å²) in [6.07, 6.45) is 0. The van der Waals surface area contributed by atoms with Crippen LogP contribution in [0.3, 0.4) is 0 Å². The Bertz CT molecular complexity index is 51.3. The van der Waals surface area contributed by atoms with Crippen LogP contribution >= 0.6 is 12.4 Å². The molecule has 0 aliphatic heterocycles. The van der Waals surface area contributed by atoms with Crippen LogP contribution in [0.2, 0.25) is 0 Å². The molecule has 0 aromatic carbocycles. The molecule has 0 aliphatic carbocycles. The van der Waals surface area contributed by atoms with Gasteiger partial charge in [-0.15, -0.1) is 17.7 Å². The molecule has 68 valence electrons. The molecule has 12 heavy (non-hydrogen) atoms. The maximum atomic E-state index is 8.00. The van der Waals surface area contributed by atoms with Gasteiger partial charge < -0.3 is 28.7 Å². The Morgan fingerprint density at radius 3 is 1.08 bits per heavy atom. The van der Waals surface area contributed by atoms with Crippen LogP contribution < -0.4 is 77.7 Å². The Hall–Kier alpha value is 1.36. The van der Waals surface area contributed by atoms with Crippen molar-refractivity contribution in [3.8, 4) is 0 Å². The molecule has 3 N–H and O–H groups in total. The van der Waals surface area contributed by atoms with Crippen LogP contribution in [0.4, 0.5) is 0 Å². The number of rotatable bonds is 0. The van der Waals surface area contributed by atoms with Crippen molar-refractivity contribution >= 4 is 12.4 Å². The van der Waals surface area contributed by atoms with Crippen LogP contribution in [-0.2, 0) is 0 Å². The topological polar surface area (TPSA) is 135 Å². The van der Waals surface area contributed by atoms with E-state index in [0.29, 0.717) is 0 Å². The van der Waals surface area contributed by atoms with Crippen molar-refractivity contribution in [2.75, 3.05) is 0 Å². The molecule has 0 rings (SSSR count). The van der Waals surface area contributed by atoms with Crippen LogP contribution in [-0.4, -0.2) is 0 Å². The first-order chi connectivity index (χ1) is 2.41. The summed E-state index contributed by atoms with van der Waals surface area (Å²) in [5.74, 6) is 0. The third kappa shape index (κ3) is 659. The number of hydrogen-bond donors (Lipinski definition) is 1. The molecule has 0 radical (unpaired) electrons. The Labute approximate surface area is 130 Å². The molecule has 0 fully saturated rings. The van der Waals surface area contributed by atoms with Crippen LogP contribution in [0.15, 0.2) is 5.34 Å². The van der Waals surface area contributed by atoms with Crippen LogP contribution in [0.5, 0.6) is 0 Å². The zero-order chi connectivity index (χ0) is 4.71. The van der Waals surface area contributed by atoms with Crippen molar-refractivity contribution in [1.82, 2.24) is 6.15 Å². The van der Waals surface area contributed by atoms with Crippen LogP contribution in [0, 0.1) is 20.9 Å². The first-order valence-corrected chi connectivity index (χ1v) is 0.565. The van der Waals surface area contributed by atoms with E-state index in [9.17, 15) is 0 Å². The maximum absolute atomic E-state index is 8.00. The van der Waals surface area contributed by atoms with Crippen molar-refractivity contribution in [3.63, 3.8) is 0 Å². The minimum Gasteiger partial charge on any atom is -1.00 e. The fourth-order valence-electron chi connectivity index (χ4n) is 0. The van der Waals surface area contributed by atoms with Crippen molar-refractivity contribution < 1.29 is 71.5 Å². The van der Waals surface area contributed by atoms with E-state index in [0.717, 1.165) is 5.34 Å². The van der Waals surface area contributed by atoms with E-state index >= 15 is 0 Å². The van der Waals surface area contributed by atoms with Gasteiger partial charge >= 0.3 is 59.1 Å². The standard InChI is InChI=1S/2CH4.2ClH.N2.HNO2.H3N.2Na/c;;;;1-2;2-1-3;;;/h2*1H4;2*1H;;(H,2,3);1H3;;/q;;;;;;;2*+1/p-2. The minimum atomic E-state index is 0. The molecule has 0 bridgehead atoms. The molecule has 0 atom stereocenters. The van der Waals surface area contributed by atoms with E-state index in [1.165, 1.54) is 0 Å². The molecule has 0 aromatic heterocycles. The fourth-order valence-corrected chi connectivity index (χ4v) is 0. The quantitative estimate of drug-likeness (QED) is 0.194. The van der Waals surface area contributed by atoms with Crippen LogP contribution in [0.25, 0.3) is 0 Å². The van der Waals surface area contributed by atoms with Gasteiger partial charge in [0.1, 0.15) is 0 Å². The molecule has 0 unspecified atom stereocenters. The van der Waals surface area contributed by atoms with E-state index in [2.05, 4.69) is 0 Å². The molecule has 0 heterocycles. The molecule has 0 spiro atoms. The van der Waals surface area contributed by atoms with Crippen molar-refractivity contribution in [2.24, 2.45) is 5.34 Å². The van der Waals surface area contributed by atoms with Gasteiger partial charge in [0.05, 0.1) is 0 Å². The van der Waals surface area contributed by atoms with E-state index in [4.69, 9.17) is 20.9 Å². The Balaban J connectivity index is -0.00000000138. The molecule has 0 amide bonds. The third-order valence-corrected chi connectivity index (χ3v) is 0. The fraction of sp³-hybridized carbons (Fsp3) is 1.00. The summed E-state index contributed by atoms with van der Waals surface area (Å²) in [7, 11) is 0. The average Bonchev–Trinajstić information content (AvgIpc) is 1.46. The van der Waals surface area contributed by atoms with Gasteiger partial charge in [0.15, 0.2) is 0 Å². The predicted molar refractivity (Wildman–Crippen MR) is 38.3 cm³/mol. The van der Waals surface area contributed by atoms with Crippen LogP contribution in [0.1, 0.15) is 14.9 Å². The monoisotopic (exact) mass is 240 g/mol. The zero-order valence-corrected chi connectivity index (χ0v) is 11.2. The first-order valence-electron chi connectivity index (χ1n) is 0.565. The summed E-state index contributed by atoms with van der Waals surface area (Å²) in [5.41, 5.74) is 0. The number of halogens is 2. The summed E-state index contributed by atoms with van der Waals surface area (Å²) in [6.45, 7) is 0. The predicted octanol–water partition coefficient (Wildman–Crippen LogP) is -6.85. The molecular formula is C2H12Cl2N4Na2O2. The molecule has 0 aromatic rings. The van der Waals surface area contributed by atoms with E-state index < -0.39 is 0 Å². The minimum absolute atomic E-state index is 0. The van der Waals surface area contributed by atoms with Crippen molar-refractivity contribution in [3.05, 3.63) is 10.1 Å². The second kappa shape index (κ2) is 286. The number of hydrogen-bond acceptors (Lipinski definition) is 6. The normalized spacial score (nSPS) is 1.17. The van der Waals surface area contributed by atoms with Crippen molar-refractivity contribution in [1.29, 1.82) is 10.8 Å². The van der Waals surface area contributed by atoms with Gasteiger partial charge in [0, 0.05) is 10.8 Å². The smallest absolute Gasteiger partial charge is 1.00 e. The second-order valence-electron chi connectivity index (χ2n) is 0.0745.